The van der Waals surface area contributed by atoms with Gasteiger partial charge in [-0.05, 0) is 31.0 Å². The lowest BCUT2D eigenvalue weighted by Crippen LogP contribution is -2.22. The van der Waals surface area contributed by atoms with Crippen molar-refractivity contribution in [1.29, 1.82) is 0 Å². The van der Waals surface area contributed by atoms with Crippen molar-refractivity contribution in [2.24, 2.45) is 5.73 Å². The average Bonchev–Trinajstić information content (AvgIpc) is 2.45. The minimum Gasteiger partial charge on any atom is -0.344 e. The van der Waals surface area contributed by atoms with Crippen LogP contribution < -0.4 is 10.6 Å². The summed E-state index contributed by atoms with van der Waals surface area (Å²) in [7, 11) is 1.98. The summed E-state index contributed by atoms with van der Waals surface area (Å²) in [5, 5.41) is 0. The van der Waals surface area contributed by atoms with Crippen LogP contribution in [0.4, 0.5) is 5.95 Å². The molecule has 0 atom stereocenters. The topological polar surface area (TPSA) is 55.0 Å². The number of nitrogens with zero attached hydrogens (tertiary/aromatic N) is 3. The zero-order valence-corrected chi connectivity index (χ0v) is 11.5. The third-order valence-electron chi connectivity index (χ3n) is 3.13. The smallest absolute Gasteiger partial charge is 0.225 e. The van der Waals surface area contributed by atoms with Crippen molar-refractivity contribution < 1.29 is 0 Å². The molecule has 0 aliphatic heterocycles. The molecule has 1 aromatic carbocycles. The van der Waals surface area contributed by atoms with Gasteiger partial charge in [0.1, 0.15) is 0 Å². The van der Waals surface area contributed by atoms with Gasteiger partial charge in [0.2, 0.25) is 5.95 Å². The molecule has 1 aromatic heterocycles. The van der Waals surface area contributed by atoms with Crippen LogP contribution >= 0.6 is 0 Å². The first-order chi connectivity index (χ1) is 9.22. The van der Waals surface area contributed by atoms with E-state index in [2.05, 4.69) is 29.0 Å². The Balaban J connectivity index is 2.17. The predicted octanol–water partition coefficient (Wildman–Crippen LogP) is 2.24. The zero-order valence-electron chi connectivity index (χ0n) is 11.5. The minimum absolute atomic E-state index is 0.686. The fourth-order valence-corrected chi connectivity index (χ4v) is 1.98. The largest absolute Gasteiger partial charge is 0.344 e. The van der Waals surface area contributed by atoms with Gasteiger partial charge in [0.15, 0.2) is 0 Å². The molecule has 0 bridgehead atoms. The lowest BCUT2D eigenvalue weighted by atomic mass is 10.0. The Morgan fingerprint density at radius 1 is 1.16 bits per heavy atom. The van der Waals surface area contributed by atoms with Crippen LogP contribution in [0.15, 0.2) is 36.7 Å². The van der Waals surface area contributed by atoms with Crippen LogP contribution in [0.2, 0.25) is 0 Å². The molecule has 0 aliphatic carbocycles. The van der Waals surface area contributed by atoms with E-state index in [1.54, 1.807) is 0 Å². The van der Waals surface area contributed by atoms with Gasteiger partial charge in [0, 0.05) is 31.5 Å². The quantitative estimate of drug-likeness (QED) is 0.891. The first-order valence-electron chi connectivity index (χ1n) is 6.51. The van der Waals surface area contributed by atoms with Gasteiger partial charge in [-0.25, -0.2) is 9.97 Å². The molecule has 2 N–H and O–H groups in total. The van der Waals surface area contributed by atoms with Crippen LogP contribution in [-0.4, -0.2) is 30.1 Å². The van der Waals surface area contributed by atoms with Crippen molar-refractivity contribution in [2.75, 3.05) is 25.0 Å². The van der Waals surface area contributed by atoms with E-state index in [1.165, 1.54) is 11.1 Å². The van der Waals surface area contributed by atoms with E-state index in [0.29, 0.717) is 6.54 Å². The Morgan fingerprint density at radius 2 is 1.84 bits per heavy atom. The van der Waals surface area contributed by atoms with Crippen LogP contribution in [0.25, 0.3) is 11.1 Å². The number of anilines is 1. The van der Waals surface area contributed by atoms with Gasteiger partial charge in [0.25, 0.3) is 0 Å². The number of benzene rings is 1. The highest BCUT2D eigenvalue weighted by atomic mass is 15.2. The maximum atomic E-state index is 5.50. The fourth-order valence-electron chi connectivity index (χ4n) is 1.98. The van der Waals surface area contributed by atoms with Crippen LogP contribution in [0, 0.1) is 6.92 Å². The summed E-state index contributed by atoms with van der Waals surface area (Å²) in [5.74, 6) is 0.741. The van der Waals surface area contributed by atoms with E-state index in [0.717, 1.165) is 24.5 Å². The van der Waals surface area contributed by atoms with Gasteiger partial charge in [-0.2, -0.15) is 0 Å². The molecule has 0 amide bonds. The molecule has 100 valence electrons. The summed E-state index contributed by atoms with van der Waals surface area (Å²) < 4.78 is 0. The molecule has 19 heavy (non-hydrogen) atoms. The molecule has 0 fully saturated rings. The molecule has 0 saturated carbocycles. The molecular weight excluding hydrogens is 236 g/mol. The summed E-state index contributed by atoms with van der Waals surface area (Å²) in [5.41, 5.74) is 8.97. The van der Waals surface area contributed by atoms with Crippen LogP contribution in [-0.2, 0) is 0 Å². The van der Waals surface area contributed by atoms with Gasteiger partial charge >= 0.3 is 0 Å². The Morgan fingerprint density at radius 3 is 2.47 bits per heavy atom. The van der Waals surface area contributed by atoms with Crippen molar-refractivity contribution in [3.05, 3.63) is 42.2 Å². The second kappa shape index (κ2) is 6.29. The molecule has 4 heteroatoms. The van der Waals surface area contributed by atoms with Crippen molar-refractivity contribution in [3.8, 4) is 11.1 Å². The fraction of sp³-hybridized carbons (Fsp3) is 0.333. The monoisotopic (exact) mass is 256 g/mol. The first-order valence-corrected chi connectivity index (χ1v) is 6.51. The molecule has 0 saturated heterocycles. The summed E-state index contributed by atoms with van der Waals surface area (Å²) in [4.78, 5) is 10.9. The third-order valence-corrected chi connectivity index (χ3v) is 3.13. The molecule has 2 aromatic rings. The maximum Gasteiger partial charge on any atom is 0.225 e. The molecule has 1 heterocycles. The number of aromatic nitrogens is 2. The van der Waals surface area contributed by atoms with Crippen LogP contribution in [0.5, 0.6) is 0 Å². The molecule has 0 aliphatic rings. The molecular formula is C15H20N4. The van der Waals surface area contributed by atoms with E-state index in [-0.39, 0.29) is 0 Å². The second-order valence-electron chi connectivity index (χ2n) is 4.65. The highest BCUT2D eigenvalue weighted by Gasteiger charge is 2.06. The minimum atomic E-state index is 0.686. The molecule has 0 unspecified atom stereocenters. The van der Waals surface area contributed by atoms with Crippen molar-refractivity contribution in [3.63, 3.8) is 0 Å². The van der Waals surface area contributed by atoms with E-state index < -0.39 is 0 Å². The maximum absolute atomic E-state index is 5.50. The first kappa shape index (κ1) is 13.5. The highest BCUT2D eigenvalue weighted by molar-refractivity contribution is 5.65. The number of hydrogen-bond acceptors (Lipinski definition) is 4. The molecule has 4 nitrogen and oxygen atoms in total. The van der Waals surface area contributed by atoms with Crippen molar-refractivity contribution >= 4 is 5.95 Å². The zero-order chi connectivity index (χ0) is 13.7. The van der Waals surface area contributed by atoms with Gasteiger partial charge in [-0.1, -0.05) is 24.3 Å². The molecule has 0 radical (unpaired) electrons. The number of aryl methyl sites for hydroxylation is 1. The molecule has 0 spiro atoms. The Bertz CT molecular complexity index is 522. The van der Waals surface area contributed by atoms with E-state index >= 15 is 0 Å². The number of hydrogen-bond donors (Lipinski definition) is 1. The van der Waals surface area contributed by atoms with Crippen LogP contribution in [0.3, 0.4) is 0 Å². The lowest BCUT2D eigenvalue weighted by molar-refractivity contribution is 0.775. The molecule has 2 rings (SSSR count). The summed E-state index contributed by atoms with van der Waals surface area (Å²) >= 11 is 0. The van der Waals surface area contributed by atoms with Crippen molar-refractivity contribution in [2.45, 2.75) is 13.3 Å². The number of rotatable bonds is 5. The van der Waals surface area contributed by atoms with E-state index in [9.17, 15) is 0 Å². The number of nitrogens with two attached hydrogens (primary N) is 1. The Labute approximate surface area is 114 Å². The Hall–Kier alpha value is -1.94. The lowest BCUT2D eigenvalue weighted by Gasteiger charge is -2.16. The van der Waals surface area contributed by atoms with Gasteiger partial charge < -0.3 is 10.6 Å². The van der Waals surface area contributed by atoms with E-state index in [1.807, 2.05) is 36.5 Å². The normalized spacial score (nSPS) is 10.5. The summed E-state index contributed by atoms with van der Waals surface area (Å²) in [6.45, 7) is 3.66. The standard InChI is InChI=1S/C15H20N4/c1-12-6-3-4-7-14(12)13-10-17-15(18-11-13)19(2)9-5-8-16/h3-4,6-7,10-11H,5,8-9,16H2,1-2H3. The Kier molecular flexibility index (Phi) is 4.47. The van der Waals surface area contributed by atoms with E-state index in [4.69, 9.17) is 5.73 Å². The van der Waals surface area contributed by atoms with Crippen molar-refractivity contribution in [1.82, 2.24) is 9.97 Å². The second-order valence-corrected chi connectivity index (χ2v) is 4.65. The average molecular weight is 256 g/mol. The predicted molar refractivity (Wildman–Crippen MR) is 79.1 cm³/mol. The van der Waals surface area contributed by atoms with Gasteiger partial charge in [-0.3, -0.25) is 0 Å². The summed E-state index contributed by atoms with van der Waals surface area (Å²) in [6, 6.07) is 8.25. The third kappa shape index (κ3) is 3.29. The summed E-state index contributed by atoms with van der Waals surface area (Å²) in [6.07, 6.45) is 4.70. The SMILES string of the molecule is Cc1ccccc1-c1cnc(N(C)CCCN)nc1. The van der Waals surface area contributed by atoms with Gasteiger partial charge in [0.05, 0.1) is 0 Å². The van der Waals surface area contributed by atoms with Crippen LogP contribution in [0.1, 0.15) is 12.0 Å². The highest BCUT2D eigenvalue weighted by Crippen LogP contribution is 2.22. The van der Waals surface area contributed by atoms with Gasteiger partial charge in [-0.15, -0.1) is 0 Å².